The molecular formula is C33H40N2O2. The van der Waals surface area contributed by atoms with Gasteiger partial charge in [-0.05, 0) is 104 Å². The largest absolute Gasteiger partial charge is 0.496 e. The van der Waals surface area contributed by atoms with Gasteiger partial charge in [0.2, 0.25) is 0 Å². The van der Waals surface area contributed by atoms with Crippen molar-refractivity contribution in [1.29, 1.82) is 0 Å². The number of carbonyl (C=O) groups is 1. The highest BCUT2D eigenvalue weighted by molar-refractivity contribution is 5.94. The number of fused-ring (bicyclic) bond motifs is 1. The van der Waals surface area contributed by atoms with Crippen LogP contribution in [0.3, 0.4) is 0 Å². The third-order valence-corrected chi connectivity index (χ3v) is 9.72. The molecule has 194 valence electrons. The fourth-order valence-corrected chi connectivity index (χ4v) is 8.64. The zero-order chi connectivity index (χ0) is 25.6. The molecule has 0 saturated heterocycles. The molecule has 4 aliphatic carbocycles. The minimum atomic E-state index is -0.227. The molecule has 4 fully saturated rings. The Kier molecular flexibility index (Phi) is 6.43. The van der Waals surface area contributed by atoms with Gasteiger partial charge in [-0.2, -0.15) is 0 Å². The lowest BCUT2D eigenvalue weighted by Crippen LogP contribution is -2.54. The van der Waals surface area contributed by atoms with Crippen LogP contribution in [-0.2, 0) is 11.2 Å². The maximum atomic E-state index is 13.2. The second kappa shape index (κ2) is 9.75. The Bertz CT molecular complexity index is 1160. The van der Waals surface area contributed by atoms with Gasteiger partial charge in [-0.3, -0.25) is 4.79 Å². The topological polar surface area (TPSA) is 41.6 Å². The van der Waals surface area contributed by atoms with Crippen LogP contribution in [0.25, 0.3) is 0 Å². The zero-order valence-corrected chi connectivity index (χ0v) is 22.3. The van der Waals surface area contributed by atoms with Crippen LogP contribution in [0.4, 0.5) is 5.69 Å². The van der Waals surface area contributed by atoms with E-state index in [-0.39, 0.29) is 23.5 Å². The lowest BCUT2D eigenvalue weighted by atomic mass is 9.53. The summed E-state index contributed by atoms with van der Waals surface area (Å²) in [5.74, 6) is 5.85. The highest BCUT2D eigenvalue weighted by Crippen LogP contribution is 2.56. The van der Waals surface area contributed by atoms with Gasteiger partial charge in [0.05, 0.1) is 13.2 Å². The molecular weight excluding hydrogens is 456 g/mol. The van der Waals surface area contributed by atoms with Crippen LogP contribution in [0.1, 0.15) is 87.4 Å². The van der Waals surface area contributed by atoms with Gasteiger partial charge in [0, 0.05) is 22.8 Å². The third-order valence-electron chi connectivity index (χ3n) is 9.72. The van der Waals surface area contributed by atoms with E-state index in [2.05, 4.69) is 48.5 Å². The molecule has 2 aromatic rings. The number of methoxy groups -OCH3 is 1. The van der Waals surface area contributed by atoms with Crippen molar-refractivity contribution in [2.45, 2.75) is 88.8 Å². The number of carbonyl (C=O) groups excluding carboxylic acids is 1. The second-order valence-electron chi connectivity index (χ2n) is 12.2. The third kappa shape index (κ3) is 4.41. The minimum absolute atomic E-state index is 0.0575. The molecule has 5 aliphatic rings. The van der Waals surface area contributed by atoms with Gasteiger partial charge in [-0.25, -0.2) is 0 Å². The van der Waals surface area contributed by atoms with Crippen molar-refractivity contribution in [2.75, 3.05) is 12.4 Å². The maximum absolute atomic E-state index is 13.2. The van der Waals surface area contributed by atoms with Crippen LogP contribution in [0.2, 0.25) is 0 Å². The number of hydrogen-bond donors (Lipinski definition) is 1. The number of amides is 1. The second-order valence-corrected chi connectivity index (χ2v) is 12.2. The molecule has 1 aliphatic heterocycles. The number of rotatable bonds is 7. The highest BCUT2D eigenvalue weighted by Gasteiger charge is 2.51. The number of terminal acetylenes is 1. The van der Waals surface area contributed by atoms with Gasteiger partial charge >= 0.3 is 0 Å². The van der Waals surface area contributed by atoms with Crippen LogP contribution in [0, 0.1) is 30.1 Å². The number of unbranched alkanes of at least 4 members (excludes halogenated alkanes) is 1. The van der Waals surface area contributed by atoms with E-state index < -0.39 is 0 Å². The fourth-order valence-electron chi connectivity index (χ4n) is 8.64. The van der Waals surface area contributed by atoms with E-state index in [1.165, 1.54) is 49.8 Å². The molecule has 1 amide bonds. The molecule has 1 unspecified atom stereocenters. The van der Waals surface area contributed by atoms with Crippen LogP contribution < -0.4 is 10.1 Å². The monoisotopic (exact) mass is 496 g/mol. The molecule has 4 heteroatoms. The number of benzene rings is 2. The van der Waals surface area contributed by atoms with Crippen LogP contribution in [-0.4, -0.2) is 29.5 Å². The van der Waals surface area contributed by atoms with E-state index in [0.717, 1.165) is 60.3 Å². The zero-order valence-electron chi connectivity index (χ0n) is 22.3. The molecule has 1 heterocycles. The lowest BCUT2D eigenvalue weighted by molar-refractivity contribution is -0.130. The molecule has 0 aromatic heterocycles. The van der Waals surface area contributed by atoms with Crippen LogP contribution >= 0.6 is 0 Å². The average Bonchev–Trinajstić information content (AvgIpc) is 2.89. The van der Waals surface area contributed by atoms with Crippen molar-refractivity contribution >= 4 is 11.6 Å². The summed E-state index contributed by atoms with van der Waals surface area (Å²) in [7, 11) is 1.73. The van der Waals surface area contributed by atoms with Crippen molar-refractivity contribution < 1.29 is 9.53 Å². The Balaban J connectivity index is 1.33. The van der Waals surface area contributed by atoms with Gasteiger partial charge in [0.25, 0.3) is 5.91 Å². The molecule has 37 heavy (non-hydrogen) atoms. The summed E-state index contributed by atoms with van der Waals surface area (Å²) in [6.45, 7) is 2.19. The summed E-state index contributed by atoms with van der Waals surface area (Å²) < 4.78 is 5.77. The summed E-state index contributed by atoms with van der Waals surface area (Å²) >= 11 is 0. The van der Waals surface area contributed by atoms with Gasteiger partial charge in [-0.15, -0.1) is 6.42 Å². The molecule has 4 bridgehead atoms. The van der Waals surface area contributed by atoms with Gasteiger partial charge in [0.15, 0.2) is 0 Å². The van der Waals surface area contributed by atoms with Crippen molar-refractivity contribution in [2.24, 2.45) is 17.8 Å². The van der Waals surface area contributed by atoms with Gasteiger partial charge in [0.1, 0.15) is 5.75 Å². The van der Waals surface area contributed by atoms with Crippen molar-refractivity contribution in [3.8, 4) is 18.1 Å². The number of ether oxygens (including phenoxy) is 1. The summed E-state index contributed by atoms with van der Waals surface area (Å²) in [5, 5.41) is 4.00. The normalized spacial score (nSPS) is 31.5. The Morgan fingerprint density at radius 2 is 1.76 bits per heavy atom. The highest BCUT2D eigenvalue weighted by atomic mass is 16.5. The first-order valence-electron chi connectivity index (χ1n) is 14.3. The molecule has 4 nitrogen and oxygen atoms in total. The number of anilines is 1. The quantitative estimate of drug-likeness (QED) is 0.432. The SMILES string of the molecule is C#CC(=O)N1C(c2ccc(NC34CC5CC(CC(C5)C3)C4)cc2)c2cccc(OC)c2C[C@@H]1CCCC. The summed E-state index contributed by atoms with van der Waals surface area (Å²) in [5.41, 5.74) is 4.91. The van der Waals surface area contributed by atoms with E-state index in [9.17, 15) is 4.79 Å². The molecule has 7 rings (SSSR count). The van der Waals surface area contributed by atoms with E-state index in [0.29, 0.717) is 0 Å². The van der Waals surface area contributed by atoms with E-state index in [1.807, 2.05) is 17.0 Å². The summed E-state index contributed by atoms with van der Waals surface area (Å²) in [6, 6.07) is 14.9. The standard InChI is InChI=1S/C33H40N2O2/c1-4-6-8-27-18-29-28(9-7-10-30(29)37-3)32(35(27)31(36)5-2)25-11-13-26(14-12-25)34-33-19-22-15-23(20-33)17-24(16-22)21-33/h2,7,9-14,22-24,27,32,34H,4,6,8,15-21H2,1,3H3/t22?,23?,24?,27-,32?,33?/m0/s1. The molecule has 0 radical (unpaired) electrons. The predicted octanol–water partition coefficient (Wildman–Crippen LogP) is 6.74. The van der Waals surface area contributed by atoms with Crippen molar-refractivity contribution in [3.63, 3.8) is 0 Å². The average molecular weight is 497 g/mol. The Hall–Kier alpha value is -2.93. The summed E-state index contributed by atoms with van der Waals surface area (Å²) in [6.07, 6.45) is 17.9. The number of hydrogen-bond acceptors (Lipinski definition) is 3. The predicted molar refractivity (Wildman–Crippen MR) is 149 cm³/mol. The molecule has 1 N–H and O–H groups in total. The van der Waals surface area contributed by atoms with Gasteiger partial charge in [-0.1, -0.05) is 44.0 Å². The first-order valence-corrected chi connectivity index (χ1v) is 14.3. The van der Waals surface area contributed by atoms with Gasteiger partial charge < -0.3 is 15.0 Å². The Morgan fingerprint density at radius 1 is 1.08 bits per heavy atom. The first-order chi connectivity index (χ1) is 18.0. The Labute approximate surface area is 222 Å². The molecule has 2 atom stereocenters. The number of nitrogens with one attached hydrogen (secondary N) is 1. The van der Waals surface area contributed by atoms with Crippen LogP contribution in [0.5, 0.6) is 5.75 Å². The first kappa shape index (κ1) is 24.4. The van der Waals surface area contributed by atoms with Crippen molar-refractivity contribution in [1.82, 2.24) is 4.90 Å². The van der Waals surface area contributed by atoms with E-state index >= 15 is 0 Å². The molecule has 0 spiro atoms. The summed E-state index contributed by atoms with van der Waals surface area (Å²) in [4.78, 5) is 15.2. The lowest BCUT2D eigenvalue weighted by Gasteiger charge is -2.57. The van der Waals surface area contributed by atoms with E-state index in [4.69, 9.17) is 11.2 Å². The smallest absolute Gasteiger partial charge is 0.299 e. The minimum Gasteiger partial charge on any atom is -0.496 e. The maximum Gasteiger partial charge on any atom is 0.299 e. The Morgan fingerprint density at radius 3 is 2.35 bits per heavy atom. The van der Waals surface area contributed by atoms with Crippen molar-refractivity contribution in [3.05, 3.63) is 59.2 Å². The van der Waals surface area contributed by atoms with E-state index in [1.54, 1.807) is 7.11 Å². The number of nitrogens with zero attached hydrogens (tertiary/aromatic N) is 1. The molecule has 4 saturated carbocycles. The fraction of sp³-hybridized carbons (Fsp3) is 0.545. The van der Waals surface area contributed by atoms with Crippen LogP contribution in [0.15, 0.2) is 42.5 Å². The molecule has 2 aromatic carbocycles.